The van der Waals surface area contributed by atoms with Gasteiger partial charge in [-0.25, -0.2) is 0 Å². The molecule has 1 fully saturated rings. The number of ether oxygens (including phenoxy) is 1. The molecule has 1 unspecified atom stereocenters. The minimum atomic E-state index is -3.58. The maximum atomic E-state index is 11.8. The Morgan fingerprint density at radius 2 is 2.06 bits per heavy atom. The van der Waals surface area contributed by atoms with E-state index in [9.17, 15) is 8.42 Å². The minimum Gasteiger partial charge on any atom is -0.373 e. The SMILES string of the molecule is Cc1ccc(S(=O)(=O)/N=C/C2CCCO2)cc1. The predicted molar refractivity (Wildman–Crippen MR) is 65.8 cm³/mol. The molecule has 1 aromatic carbocycles. The van der Waals surface area contributed by atoms with Gasteiger partial charge in [0.1, 0.15) is 0 Å². The summed E-state index contributed by atoms with van der Waals surface area (Å²) in [5, 5.41) is 0. The third-order valence-corrected chi connectivity index (χ3v) is 3.92. The van der Waals surface area contributed by atoms with E-state index in [2.05, 4.69) is 4.40 Å². The van der Waals surface area contributed by atoms with Crippen molar-refractivity contribution in [1.29, 1.82) is 0 Å². The maximum Gasteiger partial charge on any atom is 0.282 e. The van der Waals surface area contributed by atoms with Gasteiger partial charge in [0.25, 0.3) is 10.0 Å². The Balaban J connectivity index is 2.15. The van der Waals surface area contributed by atoms with Gasteiger partial charge in [0.05, 0.1) is 11.0 Å². The van der Waals surface area contributed by atoms with Crippen LogP contribution in [0.5, 0.6) is 0 Å². The van der Waals surface area contributed by atoms with Crippen LogP contribution in [-0.4, -0.2) is 27.3 Å². The van der Waals surface area contributed by atoms with E-state index < -0.39 is 10.0 Å². The molecule has 1 aliphatic rings. The van der Waals surface area contributed by atoms with Crippen molar-refractivity contribution in [3.05, 3.63) is 29.8 Å². The predicted octanol–water partition coefficient (Wildman–Crippen LogP) is 1.93. The summed E-state index contributed by atoms with van der Waals surface area (Å²) < 4.78 is 32.6. The van der Waals surface area contributed by atoms with Crippen molar-refractivity contribution >= 4 is 16.2 Å². The van der Waals surface area contributed by atoms with Crippen LogP contribution in [0.1, 0.15) is 18.4 Å². The first kappa shape index (κ1) is 12.3. The molecule has 0 saturated carbocycles. The summed E-state index contributed by atoms with van der Waals surface area (Å²) in [7, 11) is -3.58. The lowest BCUT2D eigenvalue weighted by Gasteiger charge is -2.02. The van der Waals surface area contributed by atoms with Crippen molar-refractivity contribution in [3.8, 4) is 0 Å². The second-order valence-corrected chi connectivity index (χ2v) is 5.73. The summed E-state index contributed by atoms with van der Waals surface area (Å²) in [4.78, 5) is 0.220. The summed E-state index contributed by atoms with van der Waals surface area (Å²) in [6.45, 7) is 2.59. The molecular weight excluding hydrogens is 238 g/mol. The van der Waals surface area contributed by atoms with Crippen LogP contribution in [0.15, 0.2) is 33.6 Å². The van der Waals surface area contributed by atoms with Crippen LogP contribution in [0.25, 0.3) is 0 Å². The van der Waals surface area contributed by atoms with Crippen LogP contribution < -0.4 is 0 Å². The van der Waals surface area contributed by atoms with E-state index in [0.717, 1.165) is 18.4 Å². The highest BCUT2D eigenvalue weighted by Crippen LogP contribution is 2.15. The molecule has 1 aromatic rings. The molecule has 1 saturated heterocycles. The summed E-state index contributed by atoms with van der Waals surface area (Å²) in [5.41, 5.74) is 1.02. The molecule has 5 heteroatoms. The molecule has 0 radical (unpaired) electrons. The highest BCUT2D eigenvalue weighted by atomic mass is 32.2. The topological polar surface area (TPSA) is 55.7 Å². The average molecular weight is 253 g/mol. The molecule has 1 heterocycles. The molecule has 92 valence electrons. The molecule has 17 heavy (non-hydrogen) atoms. The summed E-state index contributed by atoms with van der Waals surface area (Å²) in [5.74, 6) is 0. The Labute approximate surface area is 101 Å². The summed E-state index contributed by atoms with van der Waals surface area (Å²) in [6, 6.07) is 6.65. The average Bonchev–Trinajstić information content (AvgIpc) is 2.80. The van der Waals surface area contributed by atoms with Gasteiger partial charge in [-0.15, -0.1) is 0 Å². The Kier molecular flexibility index (Phi) is 3.59. The number of hydrogen-bond donors (Lipinski definition) is 0. The Morgan fingerprint density at radius 3 is 2.65 bits per heavy atom. The van der Waals surface area contributed by atoms with Gasteiger partial charge < -0.3 is 4.74 Å². The molecule has 2 rings (SSSR count). The van der Waals surface area contributed by atoms with Crippen LogP contribution in [0.3, 0.4) is 0 Å². The highest BCUT2D eigenvalue weighted by molar-refractivity contribution is 7.90. The highest BCUT2D eigenvalue weighted by Gasteiger charge is 2.16. The molecular formula is C12H15NO3S. The number of benzene rings is 1. The number of aryl methyl sites for hydroxylation is 1. The molecule has 1 aliphatic heterocycles. The van der Waals surface area contributed by atoms with Crippen LogP contribution in [-0.2, 0) is 14.8 Å². The summed E-state index contributed by atoms with van der Waals surface area (Å²) in [6.07, 6.45) is 3.03. The zero-order chi connectivity index (χ0) is 12.3. The largest absolute Gasteiger partial charge is 0.373 e. The molecule has 0 bridgehead atoms. The minimum absolute atomic E-state index is 0.157. The number of rotatable bonds is 3. The third-order valence-electron chi connectivity index (χ3n) is 2.65. The van der Waals surface area contributed by atoms with Crippen molar-refractivity contribution in [2.45, 2.75) is 30.8 Å². The maximum absolute atomic E-state index is 11.8. The van der Waals surface area contributed by atoms with Gasteiger partial charge in [-0.05, 0) is 31.9 Å². The number of nitrogens with zero attached hydrogens (tertiary/aromatic N) is 1. The zero-order valence-corrected chi connectivity index (χ0v) is 10.5. The van der Waals surface area contributed by atoms with Gasteiger partial charge in [0.15, 0.2) is 0 Å². The monoisotopic (exact) mass is 253 g/mol. The Morgan fingerprint density at radius 1 is 1.35 bits per heavy atom. The lowest BCUT2D eigenvalue weighted by Crippen LogP contribution is -2.08. The lowest BCUT2D eigenvalue weighted by atomic mass is 10.2. The van der Waals surface area contributed by atoms with Crippen molar-refractivity contribution in [2.24, 2.45) is 4.40 Å². The van der Waals surface area contributed by atoms with E-state index in [-0.39, 0.29) is 11.0 Å². The van der Waals surface area contributed by atoms with E-state index in [0.29, 0.717) is 6.61 Å². The Bertz CT molecular complexity index is 499. The molecule has 0 N–H and O–H groups in total. The van der Waals surface area contributed by atoms with Gasteiger partial charge in [0.2, 0.25) is 0 Å². The van der Waals surface area contributed by atoms with Crippen molar-refractivity contribution in [1.82, 2.24) is 0 Å². The number of hydrogen-bond acceptors (Lipinski definition) is 3. The van der Waals surface area contributed by atoms with Crippen molar-refractivity contribution in [3.63, 3.8) is 0 Å². The van der Waals surface area contributed by atoms with Crippen LogP contribution >= 0.6 is 0 Å². The molecule has 1 atom stereocenters. The van der Waals surface area contributed by atoms with Crippen LogP contribution in [0.4, 0.5) is 0 Å². The van der Waals surface area contributed by atoms with Gasteiger partial charge >= 0.3 is 0 Å². The van der Waals surface area contributed by atoms with Crippen molar-refractivity contribution in [2.75, 3.05) is 6.61 Å². The first-order valence-electron chi connectivity index (χ1n) is 5.57. The van der Waals surface area contributed by atoms with Crippen molar-refractivity contribution < 1.29 is 13.2 Å². The van der Waals surface area contributed by atoms with Gasteiger partial charge in [-0.3, -0.25) is 0 Å². The first-order valence-corrected chi connectivity index (χ1v) is 7.01. The van der Waals surface area contributed by atoms with Gasteiger partial charge in [-0.1, -0.05) is 17.7 Å². The fraction of sp³-hybridized carbons (Fsp3) is 0.417. The molecule has 0 aromatic heterocycles. The first-order chi connectivity index (χ1) is 8.08. The normalized spacial score (nSPS) is 21.1. The van der Waals surface area contributed by atoms with Gasteiger partial charge in [0, 0.05) is 12.8 Å². The summed E-state index contributed by atoms with van der Waals surface area (Å²) >= 11 is 0. The quantitative estimate of drug-likeness (QED) is 0.773. The van der Waals surface area contributed by atoms with Gasteiger partial charge in [-0.2, -0.15) is 12.8 Å². The van der Waals surface area contributed by atoms with E-state index in [4.69, 9.17) is 4.74 Å². The van der Waals surface area contributed by atoms with Crippen LogP contribution in [0, 0.1) is 6.92 Å². The van der Waals surface area contributed by atoms with E-state index in [1.807, 2.05) is 6.92 Å². The molecule has 4 nitrogen and oxygen atoms in total. The van der Waals surface area contributed by atoms with E-state index in [1.165, 1.54) is 6.21 Å². The van der Waals surface area contributed by atoms with Crippen LogP contribution in [0.2, 0.25) is 0 Å². The second-order valence-electron chi connectivity index (χ2n) is 4.09. The second kappa shape index (κ2) is 4.98. The van der Waals surface area contributed by atoms with E-state index >= 15 is 0 Å². The zero-order valence-electron chi connectivity index (χ0n) is 9.67. The lowest BCUT2D eigenvalue weighted by molar-refractivity contribution is 0.162. The molecule has 0 spiro atoms. The Hall–Kier alpha value is -1.20. The standard InChI is InChI=1S/C12H15NO3S/c1-10-4-6-12(7-5-10)17(14,15)13-9-11-3-2-8-16-11/h4-7,9,11H,2-3,8H2,1H3/b13-9+. The third kappa shape index (κ3) is 3.14. The fourth-order valence-corrected chi connectivity index (χ4v) is 2.54. The fourth-order valence-electron chi connectivity index (χ4n) is 1.64. The molecule has 0 aliphatic carbocycles. The smallest absolute Gasteiger partial charge is 0.282 e. The van der Waals surface area contributed by atoms with E-state index in [1.54, 1.807) is 24.3 Å². The molecule has 0 amide bonds. The number of sulfonamides is 1.